The van der Waals surface area contributed by atoms with E-state index in [9.17, 15) is 27.6 Å². The molecule has 2 amide bonds. The normalized spacial score (nSPS) is 19.2. The molecule has 208 valence electrons. The molecule has 1 N–H and O–H groups in total. The molecule has 0 bridgehead atoms. The predicted molar refractivity (Wildman–Crippen MR) is 138 cm³/mol. The van der Waals surface area contributed by atoms with Crippen molar-refractivity contribution in [3.63, 3.8) is 0 Å². The van der Waals surface area contributed by atoms with Crippen molar-refractivity contribution in [1.29, 1.82) is 0 Å². The molecule has 3 aromatic rings. The Labute approximate surface area is 228 Å². The van der Waals surface area contributed by atoms with Crippen LogP contribution < -0.4 is 10.2 Å². The van der Waals surface area contributed by atoms with E-state index in [1.54, 1.807) is 6.92 Å². The number of Topliss-reactive ketones (excluding diaryl/α,β-unsaturated/α-hetero) is 1. The minimum absolute atomic E-state index is 0.0376. The van der Waals surface area contributed by atoms with Gasteiger partial charge in [0.15, 0.2) is 5.78 Å². The van der Waals surface area contributed by atoms with Crippen LogP contribution in [0.4, 0.5) is 23.7 Å². The minimum atomic E-state index is -4.63. The van der Waals surface area contributed by atoms with Crippen LogP contribution in [0.1, 0.15) is 58.9 Å². The van der Waals surface area contributed by atoms with Gasteiger partial charge in [0.1, 0.15) is 5.76 Å². The van der Waals surface area contributed by atoms with Gasteiger partial charge in [0.05, 0.1) is 30.9 Å². The van der Waals surface area contributed by atoms with Crippen LogP contribution in [0, 0.1) is 0 Å². The SMILES string of the molecule is COC(=O)c1ccc(CN2C(=O)N(c3cccc(C(F)(F)F)c3)C(C)=C(C(C)=O)[C@H]2c2ccc([C@H]3CN3)cc2)o1. The summed E-state index contributed by atoms with van der Waals surface area (Å²) in [5, 5.41) is 3.22. The summed E-state index contributed by atoms with van der Waals surface area (Å²) in [5.41, 5.74) is 1.20. The third-order valence-electron chi connectivity index (χ3n) is 7.00. The number of methoxy groups -OCH3 is 1. The van der Waals surface area contributed by atoms with Gasteiger partial charge in [0.2, 0.25) is 5.76 Å². The van der Waals surface area contributed by atoms with Gasteiger partial charge in [-0.05, 0) is 55.3 Å². The molecule has 2 aromatic carbocycles. The number of allylic oxidation sites excluding steroid dienone is 1. The number of alkyl halides is 3. The molecule has 1 aromatic heterocycles. The summed E-state index contributed by atoms with van der Waals surface area (Å²) in [4.78, 5) is 41.6. The zero-order chi connectivity index (χ0) is 28.8. The Kier molecular flexibility index (Phi) is 7.01. The van der Waals surface area contributed by atoms with E-state index in [4.69, 9.17) is 9.15 Å². The van der Waals surface area contributed by atoms with Crippen molar-refractivity contribution in [1.82, 2.24) is 10.2 Å². The lowest BCUT2D eigenvalue weighted by molar-refractivity contribution is -0.137. The summed E-state index contributed by atoms with van der Waals surface area (Å²) in [6.07, 6.45) is -4.63. The fourth-order valence-corrected chi connectivity index (χ4v) is 4.98. The topological polar surface area (TPSA) is 102 Å². The molecule has 1 fully saturated rings. The quantitative estimate of drug-likeness (QED) is 0.294. The molecule has 5 rings (SSSR count). The zero-order valence-corrected chi connectivity index (χ0v) is 21.9. The molecular weight excluding hydrogens is 527 g/mol. The van der Waals surface area contributed by atoms with Crippen molar-refractivity contribution in [3.8, 4) is 0 Å². The van der Waals surface area contributed by atoms with Crippen LogP contribution in [0.25, 0.3) is 0 Å². The second kappa shape index (κ2) is 10.3. The van der Waals surface area contributed by atoms with Crippen LogP contribution in [0.5, 0.6) is 0 Å². The molecule has 1 saturated heterocycles. The van der Waals surface area contributed by atoms with Crippen molar-refractivity contribution >= 4 is 23.5 Å². The van der Waals surface area contributed by atoms with Crippen LogP contribution in [-0.4, -0.2) is 36.3 Å². The Hall–Kier alpha value is -4.38. The van der Waals surface area contributed by atoms with Crippen LogP contribution in [0.2, 0.25) is 0 Å². The van der Waals surface area contributed by atoms with Gasteiger partial charge in [-0.3, -0.25) is 9.69 Å². The fraction of sp³-hybridized carbons (Fsp3) is 0.276. The largest absolute Gasteiger partial charge is 0.463 e. The van der Waals surface area contributed by atoms with Crippen LogP contribution >= 0.6 is 0 Å². The van der Waals surface area contributed by atoms with Crippen molar-refractivity contribution in [2.75, 3.05) is 18.6 Å². The highest BCUT2D eigenvalue weighted by Crippen LogP contribution is 2.42. The standard InChI is InChI=1S/C29H26F3N3O5/c1-16-25(17(2)36)26(19-9-7-18(8-10-19)23-14-33-23)34(15-22-11-12-24(40-22)27(37)39-3)28(38)35(16)21-6-4-5-20(13-21)29(30,31)32/h4-13,23,26,33H,14-15H2,1-3H3/t23-,26-/m1/s1. The number of anilines is 1. The van der Waals surface area contributed by atoms with Gasteiger partial charge in [-0.25, -0.2) is 9.59 Å². The van der Waals surface area contributed by atoms with Crippen molar-refractivity contribution in [2.45, 2.75) is 38.7 Å². The lowest BCUT2D eigenvalue weighted by Crippen LogP contribution is -2.50. The number of amides is 2. The summed E-state index contributed by atoms with van der Waals surface area (Å²) in [6.45, 7) is 3.59. The van der Waals surface area contributed by atoms with Gasteiger partial charge in [0.25, 0.3) is 0 Å². The summed E-state index contributed by atoms with van der Waals surface area (Å²) in [6, 6.07) is 13.5. The lowest BCUT2D eigenvalue weighted by atomic mass is 9.89. The van der Waals surface area contributed by atoms with E-state index in [-0.39, 0.29) is 46.8 Å². The van der Waals surface area contributed by atoms with E-state index in [0.29, 0.717) is 5.56 Å². The summed E-state index contributed by atoms with van der Waals surface area (Å²) >= 11 is 0. The molecule has 0 unspecified atom stereocenters. The highest BCUT2D eigenvalue weighted by atomic mass is 19.4. The third-order valence-corrected chi connectivity index (χ3v) is 7.00. The smallest absolute Gasteiger partial charge is 0.416 e. The van der Waals surface area contributed by atoms with Gasteiger partial charge < -0.3 is 19.4 Å². The average molecular weight is 554 g/mol. The van der Waals surface area contributed by atoms with Crippen LogP contribution in [0.3, 0.4) is 0 Å². The van der Waals surface area contributed by atoms with Crippen LogP contribution in [-0.2, 0) is 22.3 Å². The van der Waals surface area contributed by atoms with Gasteiger partial charge in [-0.15, -0.1) is 0 Å². The van der Waals surface area contributed by atoms with E-state index in [1.165, 1.54) is 43.2 Å². The van der Waals surface area contributed by atoms with Gasteiger partial charge >= 0.3 is 18.2 Å². The first-order chi connectivity index (χ1) is 19.0. The number of halogens is 3. The Morgan fingerprint density at radius 3 is 2.35 bits per heavy atom. The molecule has 2 atom stereocenters. The number of nitrogens with one attached hydrogen (secondary N) is 1. The number of esters is 1. The maximum absolute atomic E-state index is 14.1. The summed E-state index contributed by atoms with van der Waals surface area (Å²) in [5.74, 6) is -0.903. The molecule has 0 saturated carbocycles. The van der Waals surface area contributed by atoms with E-state index in [0.717, 1.165) is 29.1 Å². The first-order valence-corrected chi connectivity index (χ1v) is 12.5. The minimum Gasteiger partial charge on any atom is -0.463 e. The molecule has 2 aliphatic heterocycles. The van der Waals surface area contributed by atoms with E-state index >= 15 is 0 Å². The molecule has 0 radical (unpaired) electrons. The van der Waals surface area contributed by atoms with Crippen molar-refractivity contribution in [3.05, 3.63) is 100 Å². The average Bonchev–Trinajstić information content (AvgIpc) is 3.67. The number of hydrogen-bond donors (Lipinski definition) is 1. The number of carbonyl (C=O) groups is 3. The molecule has 0 spiro atoms. The third kappa shape index (κ3) is 5.12. The molecule has 11 heteroatoms. The Morgan fingerprint density at radius 2 is 1.75 bits per heavy atom. The molecule has 0 aliphatic carbocycles. The van der Waals surface area contributed by atoms with Crippen LogP contribution in [0.15, 0.2) is 76.4 Å². The highest BCUT2D eigenvalue weighted by molar-refractivity contribution is 6.04. The number of rotatable bonds is 7. The van der Waals surface area contributed by atoms with E-state index in [1.807, 2.05) is 24.3 Å². The predicted octanol–water partition coefficient (Wildman–Crippen LogP) is 5.78. The summed E-state index contributed by atoms with van der Waals surface area (Å²) in [7, 11) is 1.20. The monoisotopic (exact) mass is 553 g/mol. The second-order valence-corrected chi connectivity index (χ2v) is 9.64. The number of carbonyl (C=O) groups excluding carboxylic acids is 3. The van der Waals surface area contributed by atoms with Crippen molar-refractivity contribution < 1.29 is 36.7 Å². The maximum Gasteiger partial charge on any atom is 0.416 e. The molecular formula is C29H26F3N3O5. The second-order valence-electron chi connectivity index (χ2n) is 9.64. The summed E-state index contributed by atoms with van der Waals surface area (Å²) < 4.78 is 50.9. The number of ketones is 1. The lowest BCUT2D eigenvalue weighted by Gasteiger charge is -2.43. The zero-order valence-electron chi connectivity index (χ0n) is 21.9. The number of ether oxygens (including phenoxy) is 1. The van der Waals surface area contributed by atoms with E-state index < -0.39 is 29.8 Å². The van der Waals surface area contributed by atoms with Gasteiger partial charge in [0, 0.05) is 23.9 Å². The number of benzene rings is 2. The number of furan rings is 1. The molecule has 40 heavy (non-hydrogen) atoms. The maximum atomic E-state index is 14.1. The highest BCUT2D eigenvalue weighted by Gasteiger charge is 2.42. The Morgan fingerprint density at radius 1 is 1.07 bits per heavy atom. The first kappa shape index (κ1) is 27.2. The van der Waals surface area contributed by atoms with Gasteiger partial charge in [-0.1, -0.05) is 30.3 Å². The molecule has 8 nitrogen and oxygen atoms in total. The Bertz CT molecular complexity index is 1510. The number of hydrogen-bond acceptors (Lipinski definition) is 6. The fourth-order valence-electron chi connectivity index (χ4n) is 4.98. The number of urea groups is 1. The Balaban J connectivity index is 1.64. The number of nitrogens with zero attached hydrogens (tertiary/aromatic N) is 2. The van der Waals surface area contributed by atoms with E-state index in [2.05, 4.69) is 5.32 Å². The first-order valence-electron chi connectivity index (χ1n) is 12.5. The molecule has 2 aliphatic rings. The molecule has 3 heterocycles. The van der Waals surface area contributed by atoms with Crippen molar-refractivity contribution in [2.24, 2.45) is 0 Å². The van der Waals surface area contributed by atoms with Gasteiger partial charge in [-0.2, -0.15) is 13.2 Å².